The van der Waals surface area contributed by atoms with E-state index in [4.69, 9.17) is 21.1 Å². The van der Waals surface area contributed by atoms with E-state index in [1.165, 1.54) is 18.5 Å². The molecule has 1 heterocycles. The van der Waals surface area contributed by atoms with Gasteiger partial charge in [-0.1, -0.05) is 30.7 Å². The molecule has 1 aromatic carbocycles. The molecule has 0 radical (unpaired) electrons. The van der Waals surface area contributed by atoms with Gasteiger partial charge in [-0.05, 0) is 38.5 Å². The number of pyridine rings is 1. The van der Waals surface area contributed by atoms with Crippen molar-refractivity contribution in [3.63, 3.8) is 0 Å². The molecular weight excluding hydrogens is 370 g/mol. The van der Waals surface area contributed by atoms with Crippen LogP contribution in [0.1, 0.15) is 59.9 Å². The average Bonchev–Trinajstić information content (AvgIpc) is 2.58. The number of halogens is 1. The SMILES string of the molecule is CC(COc1cnccc1C(=O)O)c1cccc(C(=O)OC(C)(C)C)c1Cl. The minimum absolute atomic E-state index is 0.0332. The van der Waals surface area contributed by atoms with E-state index in [-0.39, 0.29) is 29.4 Å². The summed E-state index contributed by atoms with van der Waals surface area (Å²) in [5.41, 5.74) is 0.397. The Bertz CT molecular complexity index is 845. The zero-order chi connectivity index (χ0) is 20.2. The van der Waals surface area contributed by atoms with Gasteiger partial charge in [0.05, 0.1) is 23.4 Å². The fourth-order valence-electron chi connectivity index (χ4n) is 2.40. The number of benzene rings is 1. The third-order valence-corrected chi connectivity index (χ3v) is 4.10. The van der Waals surface area contributed by atoms with E-state index in [2.05, 4.69) is 4.98 Å². The Balaban J connectivity index is 2.18. The summed E-state index contributed by atoms with van der Waals surface area (Å²) in [4.78, 5) is 27.5. The number of aromatic nitrogens is 1. The first-order valence-electron chi connectivity index (χ1n) is 8.42. The zero-order valence-electron chi connectivity index (χ0n) is 15.7. The van der Waals surface area contributed by atoms with Gasteiger partial charge in [0.1, 0.15) is 11.2 Å². The second-order valence-corrected chi connectivity index (χ2v) is 7.48. The number of hydrogen-bond donors (Lipinski definition) is 1. The van der Waals surface area contributed by atoms with Crippen molar-refractivity contribution in [2.75, 3.05) is 6.61 Å². The van der Waals surface area contributed by atoms with Crippen molar-refractivity contribution in [1.29, 1.82) is 0 Å². The van der Waals surface area contributed by atoms with Crippen LogP contribution in [0.4, 0.5) is 0 Å². The summed E-state index contributed by atoms with van der Waals surface area (Å²) in [6.45, 7) is 7.40. The molecule has 0 fully saturated rings. The fraction of sp³-hybridized carbons (Fsp3) is 0.350. The Morgan fingerprint density at radius 2 is 1.93 bits per heavy atom. The minimum Gasteiger partial charge on any atom is -0.490 e. The van der Waals surface area contributed by atoms with E-state index < -0.39 is 17.5 Å². The molecule has 144 valence electrons. The Kier molecular flexibility index (Phi) is 6.44. The monoisotopic (exact) mass is 391 g/mol. The molecule has 0 aliphatic rings. The van der Waals surface area contributed by atoms with Gasteiger partial charge in [-0.2, -0.15) is 0 Å². The molecule has 2 rings (SSSR count). The van der Waals surface area contributed by atoms with Crippen LogP contribution in [-0.2, 0) is 4.74 Å². The van der Waals surface area contributed by atoms with Crippen molar-refractivity contribution >= 4 is 23.5 Å². The predicted molar refractivity (Wildman–Crippen MR) is 102 cm³/mol. The number of carboxylic acid groups (broad SMARTS) is 1. The van der Waals surface area contributed by atoms with E-state index in [9.17, 15) is 14.7 Å². The van der Waals surface area contributed by atoms with Crippen molar-refractivity contribution < 1.29 is 24.2 Å². The summed E-state index contributed by atoms with van der Waals surface area (Å²) in [6.07, 6.45) is 2.75. The molecule has 1 N–H and O–H groups in total. The average molecular weight is 392 g/mol. The maximum Gasteiger partial charge on any atom is 0.340 e. The number of nitrogens with zero attached hydrogens (tertiary/aromatic N) is 1. The molecule has 7 heteroatoms. The molecule has 1 atom stereocenters. The largest absolute Gasteiger partial charge is 0.490 e. The maximum atomic E-state index is 12.3. The summed E-state index contributed by atoms with van der Waals surface area (Å²) in [5.74, 6) is -1.61. The van der Waals surface area contributed by atoms with Gasteiger partial charge in [0.25, 0.3) is 0 Å². The summed E-state index contributed by atoms with van der Waals surface area (Å²) < 4.78 is 11.0. The molecule has 0 bridgehead atoms. The quantitative estimate of drug-likeness (QED) is 0.726. The molecule has 0 spiro atoms. The topological polar surface area (TPSA) is 85.7 Å². The molecule has 6 nitrogen and oxygen atoms in total. The Labute approximate surface area is 163 Å². The second-order valence-electron chi connectivity index (χ2n) is 7.10. The molecular formula is C20H22ClNO5. The first-order chi connectivity index (χ1) is 12.6. The van der Waals surface area contributed by atoms with Gasteiger partial charge >= 0.3 is 11.9 Å². The van der Waals surface area contributed by atoms with Gasteiger partial charge in [-0.3, -0.25) is 4.98 Å². The Morgan fingerprint density at radius 3 is 2.56 bits per heavy atom. The number of carbonyl (C=O) groups is 2. The van der Waals surface area contributed by atoms with E-state index in [1.807, 2.05) is 6.92 Å². The number of esters is 1. The molecule has 27 heavy (non-hydrogen) atoms. The molecule has 0 aliphatic heterocycles. The highest BCUT2D eigenvalue weighted by Crippen LogP contribution is 2.30. The molecule has 0 aliphatic carbocycles. The maximum absolute atomic E-state index is 12.3. The summed E-state index contributed by atoms with van der Waals surface area (Å²) in [6, 6.07) is 6.50. The van der Waals surface area contributed by atoms with Crippen LogP contribution >= 0.6 is 11.6 Å². The van der Waals surface area contributed by atoms with Crippen molar-refractivity contribution in [3.8, 4) is 5.75 Å². The number of carboxylic acids is 1. The van der Waals surface area contributed by atoms with Crippen LogP contribution in [0.2, 0.25) is 5.02 Å². The highest BCUT2D eigenvalue weighted by atomic mass is 35.5. The van der Waals surface area contributed by atoms with Gasteiger partial charge in [0.2, 0.25) is 0 Å². The lowest BCUT2D eigenvalue weighted by atomic mass is 9.99. The first kappa shape index (κ1) is 20.7. The van der Waals surface area contributed by atoms with Crippen LogP contribution in [-0.4, -0.2) is 34.2 Å². The summed E-state index contributed by atoms with van der Waals surface area (Å²) in [5, 5.41) is 9.50. The van der Waals surface area contributed by atoms with Crippen LogP contribution < -0.4 is 4.74 Å². The highest BCUT2D eigenvalue weighted by Gasteiger charge is 2.23. The van der Waals surface area contributed by atoms with Gasteiger partial charge < -0.3 is 14.6 Å². The van der Waals surface area contributed by atoms with Crippen LogP contribution in [0, 0.1) is 0 Å². The second kappa shape index (κ2) is 8.39. The molecule has 0 amide bonds. The summed E-state index contributed by atoms with van der Waals surface area (Å²) >= 11 is 6.43. The third kappa shape index (κ3) is 5.44. The van der Waals surface area contributed by atoms with E-state index >= 15 is 0 Å². The van der Waals surface area contributed by atoms with Gasteiger partial charge in [-0.15, -0.1) is 0 Å². The lowest BCUT2D eigenvalue weighted by Crippen LogP contribution is -2.24. The van der Waals surface area contributed by atoms with Crippen LogP contribution in [0.25, 0.3) is 0 Å². The molecule has 1 aromatic heterocycles. The standard InChI is InChI=1S/C20H22ClNO5/c1-12(11-26-16-10-22-9-8-14(16)18(23)24)13-6-5-7-15(17(13)21)19(25)27-20(2,3)4/h5-10,12H,11H2,1-4H3,(H,23,24). The van der Waals surface area contributed by atoms with E-state index in [0.29, 0.717) is 10.6 Å². The number of hydrogen-bond acceptors (Lipinski definition) is 5. The lowest BCUT2D eigenvalue weighted by molar-refractivity contribution is 0.00693. The van der Waals surface area contributed by atoms with Crippen LogP contribution in [0.15, 0.2) is 36.7 Å². The Hall–Kier alpha value is -2.60. The lowest BCUT2D eigenvalue weighted by Gasteiger charge is -2.21. The molecule has 2 aromatic rings. The summed E-state index contributed by atoms with van der Waals surface area (Å²) in [7, 11) is 0. The van der Waals surface area contributed by atoms with Crippen molar-refractivity contribution in [1.82, 2.24) is 4.98 Å². The van der Waals surface area contributed by atoms with E-state index in [0.717, 1.165) is 0 Å². The normalized spacial score (nSPS) is 12.3. The molecule has 0 saturated heterocycles. The highest BCUT2D eigenvalue weighted by molar-refractivity contribution is 6.34. The number of rotatable bonds is 6. The fourth-order valence-corrected chi connectivity index (χ4v) is 2.79. The van der Waals surface area contributed by atoms with Gasteiger partial charge in [-0.25, -0.2) is 9.59 Å². The third-order valence-electron chi connectivity index (χ3n) is 3.68. The zero-order valence-corrected chi connectivity index (χ0v) is 16.4. The number of ether oxygens (including phenoxy) is 2. The van der Waals surface area contributed by atoms with Crippen molar-refractivity contribution in [2.45, 2.75) is 39.2 Å². The molecule has 0 saturated carbocycles. The van der Waals surface area contributed by atoms with Crippen molar-refractivity contribution in [3.05, 3.63) is 58.4 Å². The Morgan fingerprint density at radius 1 is 1.22 bits per heavy atom. The minimum atomic E-state index is -1.09. The number of aromatic carboxylic acids is 1. The smallest absolute Gasteiger partial charge is 0.340 e. The van der Waals surface area contributed by atoms with E-state index in [1.54, 1.807) is 39.0 Å². The first-order valence-corrected chi connectivity index (χ1v) is 8.80. The number of carbonyl (C=O) groups excluding carboxylic acids is 1. The van der Waals surface area contributed by atoms with Crippen LogP contribution in [0.3, 0.4) is 0 Å². The van der Waals surface area contributed by atoms with Crippen molar-refractivity contribution in [2.24, 2.45) is 0 Å². The van der Waals surface area contributed by atoms with Crippen LogP contribution in [0.5, 0.6) is 5.75 Å². The van der Waals surface area contributed by atoms with Gasteiger partial charge in [0.15, 0.2) is 5.75 Å². The predicted octanol–water partition coefficient (Wildman–Crippen LogP) is 4.57. The molecule has 1 unspecified atom stereocenters. The van der Waals surface area contributed by atoms with Gasteiger partial charge in [0, 0.05) is 12.1 Å².